The molecule has 54 heavy (non-hydrogen) atoms. The van der Waals surface area contributed by atoms with Crippen LogP contribution < -0.4 is 9.64 Å². The Kier molecular flexibility index (Phi) is 8.17. The number of aromatic hydroxyl groups is 1. The topological polar surface area (TPSA) is 122 Å². The maximum absolute atomic E-state index is 15.1. The number of thiophene rings is 2. The molecule has 6 atom stereocenters. The van der Waals surface area contributed by atoms with Crippen LogP contribution >= 0.6 is 45.9 Å². The Labute approximate surface area is 328 Å². The molecule has 0 spiro atoms. The quantitative estimate of drug-likeness (QED) is 0.136. The summed E-state index contributed by atoms with van der Waals surface area (Å²) in [6.45, 7) is 4.00. The van der Waals surface area contributed by atoms with Gasteiger partial charge in [-0.2, -0.15) is 5.10 Å². The first-order valence-corrected chi connectivity index (χ1v) is 20.0. The largest absolute Gasteiger partial charge is 0.503 e. The van der Waals surface area contributed by atoms with Crippen LogP contribution in [0.25, 0.3) is 20.7 Å². The standard InChI is InChI=1S/C40H34Cl2N4O6S2/c1-18-24-14-20(41)7-10-30(24)54-35(18)28-16-31(44(3)43-28)46-37(49)26-15-25-22(8-9-23-32(25)38(50)45(36(23)48)17-21-6-5-11-53-21)33(40(26,2)39(46)51)19-12-27(42)34(47)29(13-19)52-4/h5-8,10-14,16,23,25-26,32-33,47H,9,15,17H2,1-4H3/t23-,25+,26-,32-,33-,40+/m0/s1. The van der Waals surface area contributed by atoms with E-state index in [-0.39, 0.29) is 41.3 Å². The average molecular weight is 802 g/mol. The predicted molar refractivity (Wildman–Crippen MR) is 208 cm³/mol. The molecular formula is C40H34Cl2N4O6S2. The van der Waals surface area contributed by atoms with Crippen LogP contribution in [-0.4, -0.2) is 50.5 Å². The summed E-state index contributed by atoms with van der Waals surface area (Å²) in [5, 5.41) is 19.1. The van der Waals surface area contributed by atoms with E-state index >= 15 is 4.79 Å². The molecule has 1 saturated carbocycles. The number of aryl methyl sites for hydroxylation is 2. The number of ether oxygens (including phenoxy) is 1. The lowest BCUT2D eigenvalue weighted by atomic mass is 9.51. The molecule has 1 N–H and O–H groups in total. The molecule has 276 valence electrons. The SMILES string of the molecule is COc1cc([C@H]2C3=CC[C@@H]4C(=O)N(Cc5cccs5)C(=O)[C@@H]4[C@@H]3C[C@H]3C(=O)N(c4cc(-c5sc6ccc(Cl)cc6c5C)nn4C)C(=O)[C@@]23C)cc(Cl)c1O. The van der Waals surface area contributed by atoms with Gasteiger partial charge in [-0.3, -0.25) is 28.8 Å². The fraction of sp³-hybridized carbons (Fsp3) is 0.325. The average Bonchev–Trinajstić information content (AvgIpc) is 3.95. The van der Waals surface area contributed by atoms with Crippen molar-refractivity contribution < 1.29 is 29.0 Å². The Balaban J connectivity index is 1.16. The summed E-state index contributed by atoms with van der Waals surface area (Å²) in [6.07, 6.45) is 2.51. The molecule has 0 radical (unpaired) electrons. The maximum Gasteiger partial charge on any atom is 0.242 e. The van der Waals surface area contributed by atoms with Gasteiger partial charge in [0.05, 0.1) is 46.7 Å². The second-order valence-electron chi connectivity index (χ2n) is 14.8. The molecule has 5 heterocycles. The van der Waals surface area contributed by atoms with Crippen molar-refractivity contribution >= 4 is 85.4 Å². The number of carbonyl (C=O) groups excluding carboxylic acids is 4. The predicted octanol–water partition coefficient (Wildman–Crippen LogP) is 8.12. The Hall–Kier alpha value is -4.49. The van der Waals surface area contributed by atoms with E-state index in [1.807, 2.05) is 48.7 Å². The second-order valence-corrected chi connectivity index (χ2v) is 17.7. The fourth-order valence-electron chi connectivity index (χ4n) is 9.52. The number of nitrogens with zero attached hydrogens (tertiary/aromatic N) is 4. The van der Waals surface area contributed by atoms with E-state index in [0.717, 1.165) is 31.0 Å². The molecule has 2 aromatic carbocycles. The molecule has 4 amide bonds. The molecule has 2 aliphatic carbocycles. The number of carbonyl (C=O) groups is 4. The summed E-state index contributed by atoms with van der Waals surface area (Å²) in [4.78, 5) is 62.6. The summed E-state index contributed by atoms with van der Waals surface area (Å²) >= 11 is 15.9. The molecule has 0 unspecified atom stereocenters. The molecule has 14 heteroatoms. The molecule has 2 aliphatic heterocycles. The minimum atomic E-state index is -1.32. The third kappa shape index (κ3) is 4.92. The summed E-state index contributed by atoms with van der Waals surface area (Å²) in [7, 11) is 3.13. The van der Waals surface area contributed by atoms with E-state index < -0.39 is 46.8 Å². The van der Waals surface area contributed by atoms with E-state index in [1.54, 1.807) is 48.2 Å². The number of rotatable bonds is 6. The number of fused-ring (bicyclic) bond motifs is 5. The highest BCUT2D eigenvalue weighted by atomic mass is 35.5. The van der Waals surface area contributed by atoms with Crippen LogP contribution in [0.4, 0.5) is 5.82 Å². The lowest BCUT2D eigenvalue weighted by Crippen LogP contribution is -2.48. The number of hydrogen-bond acceptors (Lipinski definition) is 9. The van der Waals surface area contributed by atoms with Crippen LogP contribution in [0.1, 0.15) is 41.7 Å². The van der Waals surface area contributed by atoms with E-state index in [0.29, 0.717) is 28.5 Å². The summed E-state index contributed by atoms with van der Waals surface area (Å²) in [6, 6.07) is 14.5. The van der Waals surface area contributed by atoms with Crippen LogP contribution in [0, 0.1) is 36.0 Å². The first-order chi connectivity index (χ1) is 25.8. The number of imide groups is 2. The molecule has 9 rings (SSSR count). The van der Waals surface area contributed by atoms with Crippen molar-refractivity contribution in [2.75, 3.05) is 12.0 Å². The zero-order valence-corrected chi connectivity index (χ0v) is 32.8. The van der Waals surface area contributed by atoms with Gasteiger partial charge < -0.3 is 9.84 Å². The van der Waals surface area contributed by atoms with Crippen molar-refractivity contribution in [3.63, 3.8) is 0 Å². The molecule has 4 aliphatic rings. The molecule has 5 aromatic rings. The highest BCUT2D eigenvalue weighted by Crippen LogP contribution is 2.64. The molecule has 3 aromatic heterocycles. The number of amides is 4. The zero-order valence-electron chi connectivity index (χ0n) is 29.6. The summed E-state index contributed by atoms with van der Waals surface area (Å²) in [5.41, 5.74) is 1.67. The molecule has 0 bridgehead atoms. The zero-order chi connectivity index (χ0) is 38.0. The first kappa shape index (κ1) is 35.2. The van der Waals surface area contributed by atoms with Crippen LogP contribution in [0.15, 0.2) is 65.6 Å². The Morgan fingerprint density at radius 1 is 1.04 bits per heavy atom. The van der Waals surface area contributed by atoms with E-state index in [9.17, 15) is 19.5 Å². The van der Waals surface area contributed by atoms with Crippen molar-refractivity contribution in [2.24, 2.45) is 36.1 Å². The second kappa shape index (κ2) is 12.5. The third-order valence-electron chi connectivity index (χ3n) is 12.1. The number of likely N-dealkylation sites (tertiary alicyclic amines) is 1. The van der Waals surface area contributed by atoms with Crippen molar-refractivity contribution in [3.05, 3.63) is 91.6 Å². The highest BCUT2D eigenvalue weighted by molar-refractivity contribution is 7.22. The monoisotopic (exact) mass is 800 g/mol. The smallest absolute Gasteiger partial charge is 0.242 e. The van der Waals surface area contributed by atoms with Crippen LogP contribution in [0.3, 0.4) is 0 Å². The van der Waals surface area contributed by atoms with E-state index in [1.165, 1.54) is 28.2 Å². The Morgan fingerprint density at radius 3 is 2.57 bits per heavy atom. The highest BCUT2D eigenvalue weighted by Gasteiger charge is 2.68. The lowest BCUT2D eigenvalue weighted by Gasteiger charge is -2.49. The van der Waals surface area contributed by atoms with Crippen molar-refractivity contribution in [1.29, 1.82) is 0 Å². The third-order valence-corrected chi connectivity index (χ3v) is 14.8. The number of aromatic nitrogens is 2. The number of phenols is 1. The minimum Gasteiger partial charge on any atom is -0.503 e. The normalized spacial score (nSPS) is 26.4. The number of anilines is 1. The van der Waals surface area contributed by atoms with Crippen molar-refractivity contribution in [2.45, 2.75) is 39.2 Å². The molecule has 2 saturated heterocycles. The molecule has 10 nitrogen and oxygen atoms in total. The van der Waals surface area contributed by atoms with E-state index in [4.69, 9.17) is 33.0 Å². The Morgan fingerprint density at radius 2 is 1.83 bits per heavy atom. The van der Waals surface area contributed by atoms with Crippen molar-refractivity contribution in [3.8, 4) is 22.1 Å². The van der Waals surface area contributed by atoms with Gasteiger partial charge in [-0.15, -0.1) is 22.7 Å². The van der Waals surface area contributed by atoms with Gasteiger partial charge in [0.15, 0.2) is 11.5 Å². The number of benzene rings is 2. The van der Waals surface area contributed by atoms with Gasteiger partial charge >= 0.3 is 0 Å². The van der Waals surface area contributed by atoms with Crippen LogP contribution in [-0.2, 0) is 32.8 Å². The number of allylic oxidation sites excluding steroid dienone is 2. The van der Waals surface area contributed by atoms with E-state index in [2.05, 4.69) is 0 Å². The fourth-order valence-corrected chi connectivity index (χ4v) is 11.8. The number of phenolic OH excluding ortho intramolecular Hbond substituents is 1. The maximum atomic E-state index is 15.1. The minimum absolute atomic E-state index is 0.0278. The molecular weight excluding hydrogens is 768 g/mol. The van der Waals surface area contributed by atoms with Gasteiger partial charge in [0.2, 0.25) is 23.6 Å². The van der Waals surface area contributed by atoms with Crippen LogP contribution in [0.2, 0.25) is 10.0 Å². The van der Waals surface area contributed by atoms with Gasteiger partial charge in [0.1, 0.15) is 11.5 Å². The van der Waals surface area contributed by atoms with Gasteiger partial charge in [0.25, 0.3) is 0 Å². The molecule has 3 fully saturated rings. The van der Waals surface area contributed by atoms with Gasteiger partial charge in [-0.1, -0.05) is 40.9 Å². The number of halogens is 2. The summed E-state index contributed by atoms with van der Waals surface area (Å²) < 4.78 is 8.10. The Bertz CT molecular complexity index is 2490. The number of methoxy groups -OCH3 is 1. The summed E-state index contributed by atoms with van der Waals surface area (Å²) in [5.74, 6) is -4.42. The number of hydrogen-bond donors (Lipinski definition) is 1. The van der Waals surface area contributed by atoms with Gasteiger partial charge in [-0.05, 0) is 90.9 Å². The van der Waals surface area contributed by atoms with Gasteiger partial charge in [-0.25, -0.2) is 4.90 Å². The van der Waals surface area contributed by atoms with Gasteiger partial charge in [0, 0.05) is 33.6 Å². The lowest BCUT2D eigenvalue weighted by molar-refractivity contribution is -0.141. The van der Waals surface area contributed by atoms with Crippen molar-refractivity contribution in [1.82, 2.24) is 14.7 Å². The van der Waals surface area contributed by atoms with Crippen LogP contribution in [0.5, 0.6) is 11.5 Å². The first-order valence-electron chi connectivity index (χ1n) is 17.6.